The second-order valence-electron chi connectivity index (χ2n) is 10.1. The van der Waals surface area contributed by atoms with E-state index in [4.69, 9.17) is 9.47 Å². The quantitative estimate of drug-likeness (QED) is 0.382. The lowest BCUT2D eigenvalue weighted by molar-refractivity contribution is 0.0371. The molecule has 1 aromatic heterocycles. The van der Waals surface area contributed by atoms with Crippen molar-refractivity contribution >= 4 is 29.2 Å². The van der Waals surface area contributed by atoms with Crippen LogP contribution < -0.4 is 20.1 Å². The molecule has 3 atom stereocenters. The monoisotopic (exact) mass is 561 g/mol. The highest BCUT2D eigenvalue weighted by Gasteiger charge is 2.34. The molecule has 0 spiro atoms. The molecule has 1 aliphatic heterocycles. The van der Waals surface area contributed by atoms with Crippen molar-refractivity contribution in [2.45, 2.75) is 26.0 Å². The topological polar surface area (TPSA) is 133 Å². The number of urea groups is 1. The van der Waals surface area contributed by atoms with Gasteiger partial charge in [0.2, 0.25) is 0 Å². The maximum atomic E-state index is 13.7. The van der Waals surface area contributed by atoms with Crippen molar-refractivity contribution < 1.29 is 29.0 Å². The molecule has 0 radical (unpaired) electrons. The molecule has 4 rings (SSSR count). The van der Waals surface area contributed by atoms with E-state index in [1.807, 2.05) is 6.92 Å². The number of hydrogen-bond acceptors (Lipinski definition) is 7. The number of ether oxygens (including phenoxy) is 2. The third-order valence-corrected chi connectivity index (χ3v) is 7.01. The van der Waals surface area contributed by atoms with E-state index in [-0.39, 0.29) is 42.5 Å². The zero-order chi connectivity index (χ0) is 29.5. The molecule has 0 bridgehead atoms. The van der Waals surface area contributed by atoms with E-state index in [1.165, 1.54) is 17.3 Å². The van der Waals surface area contributed by atoms with Crippen molar-refractivity contribution in [1.82, 2.24) is 14.8 Å². The van der Waals surface area contributed by atoms with E-state index in [2.05, 4.69) is 15.6 Å². The van der Waals surface area contributed by atoms with Gasteiger partial charge in [0.25, 0.3) is 11.8 Å². The van der Waals surface area contributed by atoms with Gasteiger partial charge in [-0.25, -0.2) is 4.79 Å². The Kier molecular flexibility index (Phi) is 9.41. The Balaban J connectivity index is 1.56. The molecule has 11 nitrogen and oxygen atoms in total. The van der Waals surface area contributed by atoms with Crippen LogP contribution in [0.5, 0.6) is 11.5 Å². The van der Waals surface area contributed by atoms with Gasteiger partial charge in [-0.15, -0.1) is 0 Å². The molecule has 0 fully saturated rings. The smallest absolute Gasteiger partial charge is 0.321 e. The van der Waals surface area contributed by atoms with Gasteiger partial charge in [-0.05, 0) is 61.5 Å². The molecule has 0 unspecified atom stereocenters. The van der Waals surface area contributed by atoms with Gasteiger partial charge in [0, 0.05) is 48.8 Å². The highest BCUT2D eigenvalue weighted by Crippen LogP contribution is 2.31. The molecular formula is C30H35N5O6. The van der Waals surface area contributed by atoms with Gasteiger partial charge in [-0.2, -0.15) is 0 Å². The van der Waals surface area contributed by atoms with Crippen LogP contribution in [-0.4, -0.2) is 83.7 Å². The lowest BCUT2D eigenvalue weighted by Gasteiger charge is -2.38. The third-order valence-electron chi connectivity index (χ3n) is 7.01. The Morgan fingerprint density at radius 2 is 1.80 bits per heavy atom. The summed E-state index contributed by atoms with van der Waals surface area (Å²) in [5, 5.41) is 15.6. The number of methoxy groups -OCH3 is 1. The second-order valence-corrected chi connectivity index (χ2v) is 10.1. The van der Waals surface area contributed by atoms with Crippen molar-refractivity contribution in [2.75, 3.05) is 44.5 Å². The van der Waals surface area contributed by atoms with E-state index in [9.17, 15) is 19.5 Å². The number of anilines is 2. The predicted molar refractivity (Wildman–Crippen MR) is 154 cm³/mol. The minimum absolute atomic E-state index is 0.177. The lowest BCUT2D eigenvalue weighted by Crippen LogP contribution is -2.50. The summed E-state index contributed by atoms with van der Waals surface area (Å²) in [7, 11) is 3.25. The fraction of sp³-hybridized carbons (Fsp3) is 0.333. The van der Waals surface area contributed by atoms with Crippen LogP contribution in [0.1, 0.15) is 34.6 Å². The number of aliphatic hydroxyl groups is 1. The van der Waals surface area contributed by atoms with Crippen molar-refractivity contribution in [3.63, 3.8) is 0 Å². The number of fused-ring (bicyclic) bond motifs is 1. The Hall–Kier alpha value is -4.64. The average Bonchev–Trinajstić information content (AvgIpc) is 2.99. The largest absolute Gasteiger partial charge is 0.497 e. The predicted octanol–water partition coefficient (Wildman–Crippen LogP) is 3.73. The molecule has 2 heterocycles. The van der Waals surface area contributed by atoms with Crippen molar-refractivity contribution in [3.05, 3.63) is 78.1 Å². The van der Waals surface area contributed by atoms with Crippen molar-refractivity contribution in [2.24, 2.45) is 5.92 Å². The maximum absolute atomic E-state index is 13.7. The number of likely N-dealkylation sites (N-methyl/N-ethyl adjacent to an activating group) is 1. The first-order valence-electron chi connectivity index (χ1n) is 13.3. The highest BCUT2D eigenvalue weighted by molar-refractivity contribution is 6.05. The normalized spacial score (nSPS) is 17.3. The summed E-state index contributed by atoms with van der Waals surface area (Å²) in [6.07, 6.45) is 2.58. The van der Waals surface area contributed by atoms with Gasteiger partial charge in [0.1, 0.15) is 17.6 Å². The first kappa shape index (κ1) is 29.3. The van der Waals surface area contributed by atoms with Gasteiger partial charge < -0.3 is 35.0 Å². The summed E-state index contributed by atoms with van der Waals surface area (Å²) in [6.45, 7) is 4.02. The average molecular weight is 562 g/mol. The summed E-state index contributed by atoms with van der Waals surface area (Å²) in [6, 6.07) is 14.3. The summed E-state index contributed by atoms with van der Waals surface area (Å²) in [4.78, 5) is 46.4. The summed E-state index contributed by atoms with van der Waals surface area (Å²) in [5.41, 5.74) is 1.71. The number of amides is 4. The van der Waals surface area contributed by atoms with Gasteiger partial charge in [-0.3, -0.25) is 14.6 Å². The number of aromatic nitrogens is 1. The van der Waals surface area contributed by atoms with Crippen LogP contribution in [0, 0.1) is 5.92 Å². The van der Waals surface area contributed by atoms with Gasteiger partial charge >= 0.3 is 6.03 Å². The van der Waals surface area contributed by atoms with E-state index >= 15 is 0 Å². The zero-order valence-corrected chi connectivity index (χ0v) is 23.5. The van der Waals surface area contributed by atoms with E-state index < -0.39 is 12.1 Å². The molecule has 2 aromatic carbocycles. The zero-order valence-electron chi connectivity index (χ0n) is 23.5. The van der Waals surface area contributed by atoms with Crippen LogP contribution in [0.25, 0.3) is 0 Å². The first-order chi connectivity index (χ1) is 19.7. The summed E-state index contributed by atoms with van der Waals surface area (Å²) in [5.74, 6) is 0.166. The summed E-state index contributed by atoms with van der Waals surface area (Å²) < 4.78 is 11.5. The number of nitrogens with one attached hydrogen (secondary N) is 2. The molecule has 4 amide bonds. The van der Waals surface area contributed by atoms with Crippen LogP contribution in [0.3, 0.4) is 0 Å². The molecule has 3 N–H and O–H groups in total. The minimum atomic E-state index is -0.473. The van der Waals surface area contributed by atoms with Crippen LogP contribution >= 0.6 is 0 Å². The minimum Gasteiger partial charge on any atom is -0.497 e. The number of benzene rings is 2. The highest BCUT2D eigenvalue weighted by atomic mass is 16.5. The Morgan fingerprint density at radius 1 is 1.12 bits per heavy atom. The van der Waals surface area contributed by atoms with Crippen LogP contribution in [0.2, 0.25) is 0 Å². The number of aliphatic hydroxyl groups excluding tert-OH is 1. The fourth-order valence-corrected chi connectivity index (χ4v) is 4.47. The molecule has 0 saturated heterocycles. The molecule has 0 saturated carbocycles. The fourth-order valence-electron chi connectivity index (χ4n) is 4.47. The Bertz CT molecular complexity index is 1370. The molecule has 11 heteroatoms. The number of hydrogen-bond donors (Lipinski definition) is 3. The molecule has 216 valence electrons. The van der Waals surface area contributed by atoms with Gasteiger partial charge in [0.15, 0.2) is 0 Å². The second kappa shape index (κ2) is 13.1. The van der Waals surface area contributed by atoms with Crippen molar-refractivity contribution in [1.29, 1.82) is 0 Å². The maximum Gasteiger partial charge on any atom is 0.321 e. The molecule has 0 aliphatic carbocycles. The van der Waals surface area contributed by atoms with Crippen LogP contribution in [0.15, 0.2) is 67.0 Å². The Labute approximate surface area is 239 Å². The number of carbonyl (C=O) groups is 3. The molecule has 3 aromatic rings. The van der Waals surface area contributed by atoms with E-state index in [0.717, 1.165) is 0 Å². The first-order valence-corrected chi connectivity index (χ1v) is 13.3. The molecule has 1 aliphatic rings. The number of nitrogens with zero attached hydrogens (tertiary/aromatic N) is 3. The van der Waals surface area contributed by atoms with E-state index in [1.54, 1.807) is 80.6 Å². The number of pyridine rings is 1. The van der Waals surface area contributed by atoms with Gasteiger partial charge in [-0.1, -0.05) is 6.92 Å². The molecular weight excluding hydrogens is 526 g/mol. The van der Waals surface area contributed by atoms with Crippen LogP contribution in [0.4, 0.5) is 16.2 Å². The van der Waals surface area contributed by atoms with Crippen LogP contribution in [-0.2, 0) is 0 Å². The summed E-state index contributed by atoms with van der Waals surface area (Å²) >= 11 is 0. The lowest BCUT2D eigenvalue weighted by atomic mass is 9.99. The molecule has 41 heavy (non-hydrogen) atoms. The standard InChI is InChI=1S/C30H35N5O6/c1-19-16-35(20(2)18-36)29(38)25-15-23(32-28(37)21-11-13-31-14-12-21)7-10-26(25)41-27(19)17-34(3)30(39)33-22-5-8-24(40-4)9-6-22/h5-15,19-20,27,36H,16-18H2,1-4H3,(H,32,37)(H,33,39)/t19-,20+,27+/m0/s1. The third kappa shape index (κ3) is 7.12. The van der Waals surface area contributed by atoms with E-state index in [0.29, 0.717) is 35.0 Å². The number of rotatable bonds is 8. The van der Waals surface area contributed by atoms with Gasteiger partial charge in [0.05, 0.1) is 31.9 Å². The Morgan fingerprint density at radius 3 is 2.46 bits per heavy atom. The van der Waals surface area contributed by atoms with Crippen molar-refractivity contribution in [3.8, 4) is 11.5 Å². The SMILES string of the molecule is COc1ccc(NC(=O)N(C)C[C@H]2Oc3ccc(NC(=O)c4ccncc4)cc3C(=O)N([C@H](C)CO)C[C@@H]2C)cc1. The number of carbonyl (C=O) groups excluding carboxylic acids is 3.